The fraction of sp³-hybridized carbons (Fsp3) is 0.417. The van der Waals surface area contributed by atoms with E-state index in [1.165, 1.54) is 6.08 Å². The minimum absolute atomic E-state index is 0.201. The van der Waals surface area contributed by atoms with E-state index in [-0.39, 0.29) is 11.7 Å². The fourth-order valence-corrected chi connectivity index (χ4v) is 1.89. The summed E-state index contributed by atoms with van der Waals surface area (Å²) in [4.78, 5) is 29.5. The minimum atomic E-state index is -0.206. The summed E-state index contributed by atoms with van der Waals surface area (Å²) in [5, 5.41) is 2.72. The molecule has 1 aromatic heterocycles. The van der Waals surface area contributed by atoms with Crippen molar-refractivity contribution in [2.75, 3.05) is 20.6 Å². The first-order valence-corrected chi connectivity index (χ1v) is 5.73. The van der Waals surface area contributed by atoms with E-state index in [0.717, 1.165) is 5.69 Å². The molecular formula is C12H16N4O2. The van der Waals surface area contributed by atoms with Crippen LogP contribution in [0.3, 0.4) is 0 Å². The van der Waals surface area contributed by atoms with Crippen molar-refractivity contribution in [3.63, 3.8) is 0 Å². The number of hydrogen-bond acceptors (Lipinski definition) is 4. The molecule has 0 saturated heterocycles. The van der Waals surface area contributed by atoms with E-state index in [0.29, 0.717) is 24.5 Å². The Morgan fingerprint density at radius 3 is 2.83 bits per heavy atom. The van der Waals surface area contributed by atoms with Gasteiger partial charge in [0.25, 0.3) is 5.91 Å². The van der Waals surface area contributed by atoms with E-state index < -0.39 is 0 Å². The highest BCUT2D eigenvalue weighted by atomic mass is 16.2. The highest BCUT2D eigenvalue weighted by Crippen LogP contribution is 2.15. The van der Waals surface area contributed by atoms with E-state index in [2.05, 4.69) is 10.3 Å². The van der Waals surface area contributed by atoms with Crippen molar-refractivity contribution in [2.24, 2.45) is 7.05 Å². The number of carbonyl (C=O) groups is 2. The molecule has 6 nitrogen and oxygen atoms in total. The molecule has 0 aliphatic carbocycles. The molecule has 6 heteroatoms. The van der Waals surface area contributed by atoms with E-state index >= 15 is 0 Å². The van der Waals surface area contributed by atoms with Crippen LogP contribution in [0.1, 0.15) is 26.8 Å². The number of imidazole rings is 1. The van der Waals surface area contributed by atoms with Crippen molar-refractivity contribution in [1.82, 2.24) is 19.8 Å². The first-order chi connectivity index (χ1) is 8.50. The van der Waals surface area contributed by atoms with Crippen LogP contribution in [0.25, 0.3) is 0 Å². The van der Waals surface area contributed by atoms with Gasteiger partial charge in [0.2, 0.25) is 5.78 Å². The summed E-state index contributed by atoms with van der Waals surface area (Å²) in [5.41, 5.74) is 1.19. The smallest absolute Gasteiger partial charge is 0.271 e. The Balaban J connectivity index is 2.35. The molecule has 96 valence electrons. The quantitative estimate of drug-likeness (QED) is 0.602. The molecule has 1 aromatic rings. The Hall–Kier alpha value is -2.11. The zero-order chi connectivity index (χ0) is 13.3. The Kier molecular flexibility index (Phi) is 3.18. The number of nitrogens with one attached hydrogen (secondary N) is 1. The SMILES string of the molecule is CN(C)C=CC(=O)c1nc2c(n1C)CCNC2=O. The number of carbonyl (C=O) groups excluding carboxylic acids is 2. The van der Waals surface area contributed by atoms with Crippen LogP contribution in [-0.4, -0.2) is 46.8 Å². The number of fused-ring (bicyclic) bond motifs is 1. The monoisotopic (exact) mass is 248 g/mol. The summed E-state index contributed by atoms with van der Waals surface area (Å²) in [6, 6.07) is 0. The molecule has 1 aliphatic heterocycles. The molecule has 1 amide bonds. The van der Waals surface area contributed by atoms with Gasteiger partial charge in [-0.1, -0.05) is 0 Å². The average Bonchev–Trinajstić information content (AvgIpc) is 2.66. The highest BCUT2D eigenvalue weighted by Gasteiger charge is 2.25. The number of rotatable bonds is 3. The van der Waals surface area contributed by atoms with Crippen molar-refractivity contribution in [1.29, 1.82) is 0 Å². The number of nitrogens with zero attached hydrogens (tertiary/aromatic N) is 3. The number of hydrogen-bond donors (Lipinski definition) is 1. The summed E-state index contributed by atoms with van der Waals surface area (Å²) < 4.78 is 1.70. The lowest BCUT2D eigenvalue weighted by Crippen LogP contribution is -2.32. The number of amides is 1. The third-order valence-electron chi connectivity index (χ3n) is 2.82. The van der Waals surface area contributed by atoms with Crippen LogP contribution in [0.5, 0.6) is 0 Å². The maximum absolute atomic E-state index is 12.0. The van der Waals surface area contributed by atoms with Gasteiger partial charge in [0.05, 0.1) is 5.69 Å². The molecule has 2 heterocycles. The van der Waals surface area contributed by atoms with E-state index in [1.807, 2.05) is 14.1 Å². The molecule has 0 unspecified atom stereocenters. The number of ketones is 1. The van der Waals surface area contributed by atoms with Crippen molar-refractivity contribution in [2.45, 2.75) is 6.42 Å². The lowest BCUT2D eigenvalue weighted by atomic mass is 10.2. The van der Waals surface area contributed by atoms with Crippen LogP contribution >= 0.6 is 0 Å². The zero-order valence-corrected chi connectivity index (χ0v) is 10.7. The Labute approximate surface area is 105 Å². The Morgan fingerprint density at radius 2 is 2.22 bits per heavy atom. The lowest BCUT2D eigenvalue weighted by molar-refractivity contribution is 0.0940. The molecule has 0 saturated carbocycles. The van der Waals surface area contributed by atoms with Crippen molar-refractivity contribution in [3.05, 3.63) is 29.5 Å². The molecule has 0 aromatic carbocycles. The molecule has 0 radical (unpaired) electrons. The average molecular weight is 248 g/mol. The summed E-state index contributed by atoms with van der Waals surface area (Å²) in [6.07, 6.45) is 3.82. The highest BCUT2D eigenvalue weighted by molar-refractivity contribution is 6.03. The van der Waals surface area contributed by atoms with Crippen molar-refractivity contribution < 1.29 is 9.59 Å². The lowest BCUT2D eigenvalue weighted by Gasteiger charge is -2.12. The third kappa shape index (κ3) is 2.13. The van der Waals surface area contributed by atoms with Gasteiger partial charge in [-0.2, -0.15) is 0 Å². The van der Waals surface area contributed by atoms with Gasteiger partial charge in [-0.3, -0.25) is 9.59 Å². The van der Waals surface area contributed by atoms with Gasteiger partial charge in [0.1, 0.15) is 5.69 Å². The predicted molar refractivity (Wildman–Crippen MR) is 66.4 cm³/mol. The van der Waals surface area contributed by atoms with Crippen molar-refractivity contribution >= 4 is 11.7 Å². The van der Waals surface area contributed by atoms with Gasteiger partial charge < -0.3 is 14.8 Å². The normalized spacial score (nSPS) is 14.5. The fourth-order valence-electron chi connectivity index (χ4n) is 1.89. The van der Waals surface area contributed by atoms with Gasteiger partial charge in [-0.25, -0.2) is 4.98 Å². The molecule has 18 heavy (non-hydrogen) atoms. The summed E-state index contributed by atoms with van der Waals surface area (Å²) in [6.45, 7) is 0.590. The Bertz CT molecular complexity index is 528. The molecule has 2 rings (SSSR count). The molecular weight excluding hydrogens is 232 g/mol. The molecule has 1 aliphatic rings. The van der Waals surface area contributed by atoms with Gasteiger partial charge in [0, 0.05) is 46.4 Å². The van der Waals surface area contributed by atoms with E-state index in [4.69, 9.17) is 0 Å². The van der Waals surface area contributed by atoms with Crippen molar-refractivity contribution in [3.8, 4) is 0 Å². The molecule has 0 atom stereocenters. The summed E-state index contributed by atoms with van der Waals surface area (Å²) in [7, 11) is 5.43. The maximum atomic E-state index is 12.0. The molecule has 1 N–H and O–H groups in total. The zero-order valence-electron chi connectivity index (χ0n) is 10.7. The van der Waals surface area contributed by atoms with Gasteiger partial charge in [0.15, 0.2) is 5.82 Å². The second kappa shape index (κ2) is 4.64. The van der Waals surface area contributed by atoms with Crippen LogP contribution in [0, 0.1) is 0 Å². The topological polar surface area (TPSA) is 67.2 Å². The summed E-state index contributed by atoms with van der Waals surface area (Å²) >= 11 is 0. The maximum Gasteiger partial charge on any atom is 0.271 e. The number of aromatic nitrogens is 2. The minimum Gasteiger partial charge on any atom is -0.383 e. The first-order valence-electron chi connectivity index (χ1n) is 5.73. The van der Waals surface area contributed by atoms with E-state index in [1.54, 1.807) is 22.7 Å². The largest absolute Gasteiger partial charge is 0.383 e. The second-order valence-corrected chi connectivity index (χ2v) is 4.44. The van der Waals surface area contributed by atoms with Crippen LogP contribution in [-0.2, 0) is 13.5 Å². The van der Waals surface area contributed by atoms with Crippen LogP contribution in [0.2, 0.25) is 0 Å². The predicted octanol–water partition coefficient (Wildman–Crippen LogP) is -0.0360. The summed E-state index contributed by atoms with van der Waals surface area (Å²) in [5.74, 6) is -0.106. The molecule has 0 spiro atoms. The first kappa shape index (κ1) is 12.3. The van der Waals surface area contributed by atoms with E-state index in [9.17, 15) is 9.59 Å². The van der Waals surface area contributed by atoms with Gasteiger partial charge in [-0.05, 0) is 0 Å². The standard InChI is InChI=1S/C12H16N4O2/c1-15(2)7-5-9(17)11-14-10-8(16(11)3)4-6-13-12(10)18/h5,7H,4,6H2,1-3H3,(H,13,18). The molecule has 0 fully saturated rings. The van der Waals surface area contributed by atoms with Gasteiger partial charge >= 0.3 is 0 Å². The van der Waals surface area contributed by atoms with Crippen LogP contribution < -0.4 is 5.32 Å². The van der Waals surface area contributed by atoms with Crippen LogP contribution in [0.15, 0.2) is 12.3 Å². The third-order valence-corrected chi connectivity index (χ3v) is 2.82. The number of allylic oxidation sites excluding steroid dienone is 1. The van der Waals surface area contributed by atoms with Gasteiger partial charge in [-0.15, -0.1) is 0 Å². The Morgan fingerprint density at radius 1 is 1.50 bits per heavy atom. The van der Waals surface area contributed by atoms with Crippen LogP contribution in [0.4, 0.5) is 0 Å². The molecule has 0 bridgehead atoms. The second-order valence-electron chi connectivity index (χ2n) is 4.44.